The number of nitrogens with one attached hydrogen (secondary N) is 2. The van der Waals surface area contributed by atoms with Gasteiger partial charge in [0.05, 0.1) is 0 Å². The predicted molar refractivity (Wildman–Crippen MR) is 26.2 cm³/mol. The third-order valence-corrected chi connectivity index (χ3v) is 0.646. The summed E-state index contributed by atoms with van der Waals surface area (Å²) in [7, 11) is 0. The van der Waals surface area contributed by atoms with Crippen LogP contribution in [0.3, 0.4) is 0 Å². The highest BCUT2D eigenvalue weighted by Gasteiger charge is 2.07. The van der Waals surface area contributed by atoms with Crippen LogP contribution in [0, 0.1) is 0 Å². The molecule has 0 fully saturated rings. The monoisotopic (exact) mass is 115 g/mol. The molecule has 0 aromatic rings. The summed E-state index contributed by atoms with van der Waals surface area (Å²) >= 11 is 0. The lowest BCUT2D eigenvalue weighted by molar-refractivity contribution is 0.215. The molecule has 44 valence electrons. The molecule has 0 aromatic heterocycles. The van der Waals surface area contributed by atoms with Crippen molar-refractivity contribution in [2.45, 2.75) is 0 Å². The second-order valence-corrected chi connectivity index (χ2v) is 1.18. The van der Waals surface area contributed by atoms with Crippen molar-refractivity contribution < 1.29 is 4.79 Å². The molecule has 1 rings (SSSR count). The van der Waals surface area contributed by atoms with E-state index in [9.17, 15) is 4.79 Å². The summed E-state index contributed by atoms with van der Waals surface area (Å²) in [5.41, 5.74) is 9.43. The molecule has 2 amide bonds. The van der Waals surface area contributed by atoms with Crippen LogP contribution >= 0.6 is 0 Å². The number of hydrazone groups is 1. The van der Waals surface area contributed by atoms with Crippen molar-refractivity contribution in [3.05, 3.63) is 0 Å². The second-order valence-electron chi connectivity index (χ2n) is 1.18. The van der Waals surface area contributed by atoms with E-state index in [-0.39, 0.29) is 0 Å². The molecule has 4 N–H and O–H groups in total. The lowest BCUT2D eigenvalue weighted by atomic mass is 11.0. The summed E-state index contributed by atoms with van der Waals surface area (Å²) in [5.74, 6) is 0. The maximum absolute atomic E-state index is 10.2. The van der Waals surface area contributed by atoms with Gasteiger partial charge in [-0.15, -0.1) is 5.53 Å². The molecule has 0 spiro atoms. The van der Waals surface area contributed by atoms with Gasteiger partial charge >= 0.3 is 6.03 Å². The lowest BCUT2D eigenvalue weighted by Gasteiger charge is -2.05. The van der Waals surface area contributed by atoms with E-state index in [4.69, 9.17) is 5.73 Å². The Hall–Kier alpha value is -1.30. The van der Waals surface area contributed by atoms with Gasteiger partial charge in [-0.3, -0.25) is 0 Å². The van der Waals surface area contributed by atoms with Crippen LogP contribution in [0.1, 0.15) is 0 Å². The minimum Gasteiger partial charge on any atom is -0.350 e. The molecule has 0 radical (unpaired) electrons. The number of amides is 2. The Bertz CT molecular complexity index is 130. The molecule has 0 atom stereocenters. The molecule has 6 nitrogen and oxygen atoms in total. The van der Waals surface area contributed by atoms with Gasteiger partial charge in [0.1, 0.15) is 6.34 Å². The molecule has 6 heteroatoms. The van der Waals surface area contributed by atoms with Gasteiger partial charge in [0.25, 0.3) is 0 Å². The van der Waals surface area contributed by atoms with Crippen LogP contribution in [-0.4, -0.2) is 17.4 Å². The van der Waals surface area contributed by atoms with E-state index in [2.05, 4.69) is 16.2 Å². The van der Waals surface area contributed by atoms with E-state index in [0.717, 1.165) is 5.01 Å². The Balaban J connectivity index is 2.48. The van der Waals surface area contributed by atoms with Crippen LogP contribution in [-0.2, 0) is 0 Å². The molecular weight excluding hydrogens is 110 g/mol. The number of hydrogen-bond donors (Lipinski definition) is 3. The number of urea groups is 1. The van der Waals surface area contributed by atoms with E-state index in [1.165, 1.54) is 6.34 Å². The van der Waals surface area contributed by atoms with Gasteiger partial charge in [0, 0.05) is 0 Å². The molecule has 0 saturated carbocycles. The molecule has 1 aliphatic heterocycles. The van der Waals surface area contributed by atoms with Crippen LogP contribution in [0.2, 0.25) is 0 Å². The van der Waals surface area contributed by atoms with Crippen molar-refractivity contribution in [1.29, 1.82) is 0 Å². The average molecular weight is 115 g/mol. The van der Waals surface area contributed by atoms with Gasteiger partial charge in [-0.25, -0.2) is 10.3 Å². The maximum Gasteiger partial charge on any atom is 0.336 e. The van der Waals surface area contributed by atoms with Gasteiger partial charge in [-0.05, 0) is 0 Å². The number of rotatable bonds is 0. The number of carbonyl (C=O) groups excluding carboxylic acids is 1. The first-order valence-electron chi connectivity index (χ1n) is 1.93. The van der Waals surface area contributed by atoms with Gasteiger partial charge < -0.3 is 5.73 Å². The smallest absolute Gasteiger partial charge is 0.336 e. The zero-order chi connectivity index (χ0) is 5.98. The van der Waals surface area contributed by atoms with Crippen molar-refractivity contribution in [2.24, 2.45) is 10.8 Å². The normalized spacial score (nSPS) is 16.2. The number of nitrogens with zero attached hydrogens (tertiary/aromatic N) is 2. The van der Waals surface area contributed by atoms with E-state index < -0.39 is 6.03 Å². The molecule has 0 aromatic carbocycles. The van der Waals surface area contributed by atoms with Crippen molar-refractivity contribution >= 4 is 12.4 Å². The van der Waals surface area contributed by atoms with Crippen molar-refractivity contribution in [3.63, 3.8) is 0 Å². The Morgan fingerprint density at radius 1 is 1.88 bits per heavy atom. The highest BCUT2D eigenvalue weighted by atomic mass is 16.2. The van der Waals surface area contributed by atoms with Crippen LogP contribution in [0.25, 0.3) is 0 Å². The van der Waals surface area contributed by atoms with E-state index >= 15 is 0 Å². The first-order chi connectivity index (χ1) is 3.80. The standard InChI is InChI=1S/C2H5N5O/c3-2(8)7-1-4-5-6-7/h1,5-6H,(H2,3,8). The van der Waals surface area contributed by atoms with Gasteiger partial charge in [0.2, 0.25) is 0 Å². The Kier molecular flexibility index (Phi) is 1.01. The van der Waals surface area contributed by atoms with Crippen molar-refractivity contribution in [2.75, 3.05) is 0 Å². The van der Waals surface area contributed by atoms with Crippen LogP contribution in [0.15, 0.2) is 5.10 Å². The molecule has 0 saturated heterocycles. The first-order valence-corrected chi connectivity index (χ1v) is 1.93. The van der Waals surface area contributed by atoms with Crippen molar-refractivity contribution in [1.82, 2.24) is 16.1 Å². The number of nitrogens with two attached hydrogens (primary N) is 1. The number of hydrogen-bond acceptors (Lipinski definition) is 4. The molecule has 0 bridgehead atoms. The van der Waals surface area contributed by atoms with E-state index in [0.29, 0.717) is 0 Å². The second kappa shape index (κ2) is 1.66. The molecular formula is C2H5N5O. The Morgan fingerprint density at radius 3 is 2.88 bits per heavy atom. The van der Waals surface area contributed by atoms with Gasteiger partial charge in [-0.2, -0.15) is 10.1 Å². The summed E-state index contributed by atoms with van der Waals surface area (Å²) in [6, 6.07) is -0.598. The minimum absolute atomic E-state index is 0.598. The predicted octanol–water partition coefficient (Wildman–Crippen LogP) is -1.67. The zero-order valence-electron chi connectivity index (χ0n) is 3.96. The fourth-order valence-corrected chi connectivity index (χ4v) is 0.310. The molecule has 0 unspecified atom stereocenters. The van der Waals surface area contributed by atoms with E-state index in [1.54, 1.807) is 0 Å². The van der Waals surface area contributed by atoms with Crippen LogP contribution < -0.4 is 16.8 Å². The highest BCUT2D eigenvalue weighted by Crippen LogP contribution is 1.77. The summed E-state index contributed by atoms with van der Waals surface area (Å²) < 4.78 is 0. The summed E-state index contributed by atoms with van der Waals surface area (Å²) in [4.78, 5) is 10.2. The fourth-order valence-electron chi connectivity index (χ4n) is 0.310. The third kappa shape index (κ3) is 0.684. The largest absolute Gasteiger partial charge is 0.350 e. The van der Waals surface area contributed by atoms with Crippen LogP contribution in [0.5, 0.6) is 0 Å². The lowest BCUT2D eigenvalue weighted by Crippen LogP contribution is -2.44. The molecule has 0 aliphatic carbocycles. The van der Waals surface area contributed by atoms with Crippen molar-refractivity contribution in [3.8, 4) is 0 Å². The summed E-state index contributed by atoms with van der Waals surface area (Å²) in [5, 5.41) is 4.44. The zero-order valence-corrected chi connectivity index (χ0v) is 3.96. The molecule has 8 heavy (non-hydrogen) atoms. The van der Waals surface area contributed by atoms with Gasteiger partial charge in [-0.1, -0.05) is 0 Å². The maximum atomic E-state index is 10.2. The Morgan fingerprint density at radius 2 is 2.62 bits per heavy atom. The summed E-state index contributed by atoms with van der Waals surface area (Å²) in [6.45, 7) is 0. The first kappa shape index (κ1) is 4.85. The fraction of sp³-hybridized carbons (Fsp3) is 0. The topological polar surface area (TPSA) is 82.8 Å². The minimum atomic E-state index is -0.598. The Labute approximate surface area is 45.3 Å². The number of primary amides is 1. The number of carbonyl (C=O) groups is 1. The summed E-state index contributed by atoms with van der Waals surface area (Å²) in [6.07, 6.45) is 1.24. The average Bonchev–Trinajstić information content (AvgIpc) is 2.12. The SMILES string of the molecule is NC(=O)N1C=NNN1. The highest BCUT2D eigenvalue weighted by molar-refractivity contribution is 5.84. The molecule has 1 aliphatic rings. The van der Waals surface area contributed by atoms with Crippen LogP contribution in [0.4, 0.5) is 4.79 Å². The van der Waals surface area contributed by atoms with E-state index in [1.807, 2.05) is 0 Å². The quantitative estimate of drug-likeness (QED) is 0.353. The number of hydrazine groups is 2. The van der Waals surface area contributed by atoms with Gasteiger partial charge in [0.15, 0.2) is 0 Å². The third-order valence-electron chi connectivity index (χ3n) is 0.646. The molecule has 1 heterocycles.